The van der Waals surface area contributed by atoms with Gasteiger partial charge in [0, 0.05) is 0 Å². The molecular formula is C23H42. The van der Waals surface area contributed by atoms with Crippen LogP contribution in [-0.2, 0) is 0 Å². The minimum atomic E-state index is 0.505. The lowest BCUT2D eigenvalue weighted by Crippen LogP contribution is -2.20. The van der Waals surface area contributed by atoms with Gasteiger partial charge in [-0.3, -0.25) is 0 Å². The van der Waals surface area contributed by atoms with E-state index in [2.05, 4.69) is 71.9 Å². The highest BCUT2D eigenvalue weighted by atomic mass is 14.3. The van der Waals surface area contributed by atoms with Crippen LogP contribution >= 0.6 is 0 Å². The fourth-order valence-electron chi connectivity index (χ4n) is 2.63. The Morgan fingerprint density at radius 3 is 2.35 bits per heavy atom. The molecule has 0 fully saturated rings. The summed E-state index contributed by atoms with van der Waals surface area (Å²) in [7, 11) is 0. The third-order valence-electron chi connectivity index (χ3n) is 5.42. The lowest BCUT2D eigenvalue weighted by atomic mass is 9.75. The van der Waals surface area contributed by atoms with E-state index in [-0.39, 0.29) is 0 Å². The quantitative estimate of drug-likeness (QED) is 0.237. The second-order valence-corrected chi connectivity index (χ2v) is 7.81. The molecule has 0 aliphatic rings. The van der Waals surface area contributed by atoms with Gasteiger partial charge in [0.1, 0.15) is 0 Å². The lowest BCUT2D eigenvalue weighted by Gasteiger charge is -2.30. The van der Waals surface area contributed by atoms with Crippen LogP contribution in [0.4, 0.5) is 0 Å². The molecule has 23 heavy (non-hydrogen) atoms. The Morgan fingerprint density at radius 1 is 0.957 bits per heavy atom. The lowest BCUT2D eigenvalue weighted by molar-refractivity contribution is 0.204. The number of rotatable bonds is 13. The second-order valence-electron chi connectivity index (χ2n) is 7.81. The molecule has 1 atom stereocenters. The molecule has 0 nitrogen and oxygen atoms in total. The van der Waals surface area contributed by atoms with E-state index in [0.29, 0.717) is 5.41 Å². The average molecular weight is 319 g/mol. The van der Waals surface area contributed by atoms with E-state index in [1.54, 1.807) is 0 Å². The second kappa shape index (κ2) is 13.6. The largest absolute Gasteiger partial charge is 0.0845 e. The Kier molecular flexibility index (Phi) is 13.2. The Bertz CT molecular complexity index is 354. The predicted molar refractivity (Wildman–Crippen MR) is 108 cm³/mol. The minimum absolute atomic E-state index is 0.505. The van der Waals surface area contributed by atoms with Gasteiger partial charge in [-0.25, -0.2) is 0 Å². The van der Waals surface area contributed by atoms with Crippen LogP contribution in [-0.4, -0.2) is 0 Å². The average Bonchev–Trinajstić information content (AvgIpc) is 2.53. The van der Waals surface area contributed by atoms with Crippen LogP contribution in [0.1, 0.15) is 99.3 Å². The van der Waals surface area contributed by atoms with Crippen molar-refractivity contribution >= 4 is 0 Å². The van der Waals surface area contributed by atoms with E-state index >= 15 is 0 Å². The smallest absolute Gasteiger partial charge is 0.0320 e. The number of hydrogen-bond acceptors (Lipinski definition) is 0. The van der Waals surface area contributed by atoms with Gasteiger partial charge in [0.2, 0.25) is 0 Å². The zero-order chi connectivity index (χ0) is 17.6. The fourth-order valence-corrected chi connectivity index (χ4v) is 2.63. The molecule has 1 unspecified atom stereocenters. The van der Waals surface area contributed by atoms with E-state index in [1.807, 2.05) is 0 Å². The van der Waals surface area contributed by atoms with Crippen molar-refractivity contribution in [2.75, 3.05) is 0 Å². The summed E-state index contributed by atoms with van der Waals surface area (Å²) in [5.41, 5.74) is 2.01. The highest BCUT2D eigenvalue weighted by molar-refractivity contribution is 5.15. The summed E-state index contributed by atoms with van der Waals surface area (Å²) in [5, 5.41) is 0. The molecule has 0 rings (SSSR count). The third-order valence-corrected chi connectivity index (χ3v) is 5.42. The molecule has 0 saturated heterocycles. The molecule has 0 heteroatoms. The van der Waals surface area contributed by atoms with Crippen LogP contribution in [0.3, 0.4) is 0 Å². The summed E-state index contributed by atoms with van der Waals surface area (Å²) >= 11 is 0. The molecule has 0 spiro atoms. The van der Waals surface area contributed by atoms with E-state index in [4.69, 9.17) is 0 Å². The molecule has 0 aromatic carbocycles. The molecule has 0 bridgehead atoms. The molecule has 0 radical (unpaired) electrons. The van der Waals surface area contributed by atoms with Crippen molar-refractivity contribution in [1.82, 2.24) is 0 Å². The zero-order valence-corrected chi connectivity index (χ0v) is 16.8. The summed E-state index contributed by atoms with van der Waals surface area (Å²) in [6.07, 6.45) is 22.8. The van der Waals surface area contributed by atoms with E-state index in [9.17, 15) is 0 Å². The van der Waals surface area contributed by atoms with Gasteiger partial charge < -0.3 is 0 Å². The first-order chi connectivity index (χ1) is 10.9. The molecule has 0 aromatic heterocycles. The summed E-state index contributed by atoms with van der Waals surface area (Å²) in [5.74, 6) is 0.839. The van der Waals surface area contributed by atoms with Gasteiger partial charge >= 0.3 is 0 Å². The highest BCUT2D eigenvalue weighted by Crippen LogP contribution is 2.33. The molecular weight excluding hydrogens is 276 g/mol. The SMILES string of the molecule is CCCC/C=C/C=C/C=C(\C)CCCCCC(C)C(C)(C)CC. The maximum absolute atomic E-state index is 2.42. The molecule has 0 N–H and O–H groups in total. The maximum atomic E-state index is 2.42. The maximum Gasteiger partial charge on any atom is -0.0320 e. The predicted octanol–water partition coefficient (Wildman–Crippen LogP) is 8.26. The fraction of sp³-hybridized carbons (Fsp3) is 0.739. The molecule has 0 aliphatic carbocycles. The minimum Gasteiger partial charge on any atom is -0.0845 e. The standard InChI is InChI=1S/C23H42/c1-7-9-10-11-12-13-15-18-21(3)19-16-14-17-20-22(4)23(5,6)8-2/h11-13,15,18,22H,7-10,14,16-17,19-20H2,1-6H3/b12-11+,15-13+,21-18+. The summed E-state index contributed by atoms with van der Waals surface area (Å²) in [6, 6.07) is 0. The van der Waals surface area contributed by atoms with Crippen LogP contribution in [0.25, 0.3) is 0 Å². The zero-order valence-electron chi connectivity index (χ0n) is 16.8. The molecule has 134 valence electrons. The van der Waals surface area contributed by atoms with Crippen molar-refractivity contribution in [3.63, 3.8) is 0 Å². The van der Waals surface area contributed by atoms with Crippen molar-refractivity contribution in [2.45, 2.75) is 99.3 Å². The van der Waals surface area contributed by atoms with Crippen molar-refractivity contribution in [2.24, 2.45) is 11.3 Å². The van der Waals surface area contributed by atoms with E-state index < -0.39 is 0 Å². The van der Waals surface area contributed by atoms with Gasteiger partial charge in [-0.05, 0) is 37.5 Å². The van der Waals surface area contributed by atoms with Crippen LogP contribution in [0, 0.1) is 11.3 Å². The topological polar surface area (TPSA) is 0 Å². The summed E-state index contributed by atoms with van der Waals surface area (Å²) in [6.45, 7) is 14.1. The first-order valence-corrected chi connectivity index (χ1v) is 9.93. The normalized spacial score (nSPS) is 15.0. The number of allylic oxidation sites excluding steroid dienone is 6. The van der Waals surface area contributed by atoms with Gasteiger partial charge in [0.15, 0.2) is 0 Å². The monoisotopic (exact) mass is 318 g/mol. The van der Waals surface area contributed by atoms with Gasteiger partial charge in [-0.1, -0.05) is 109 Å². The summed E-state index contributed by atoms with van der Waals surface area (Å²) in [4.78, 5) is 0. The van der Waals surface area contributed by atoms with Crippen molar-refractivity contribution < 1.29 is 0 Å². The Morgan fingerprint density at radius 2 is 1.70 bits per heavy atom. The Hall–Kier alpha value is -0.780. The first-order valence-electron chi connectivity index (χ1n) is 9.93. The van der Waals surface area contributed by atoms with Crippen molar-refractivity contribution in [3.8, 4) is 0 Å². The van der Waals surface area contributed by atoms with Crippen molar-refractivity contribution in [3.05, 3.63) is 36.0 Å². The molecule has 0 saturated carbocycles. The first kappa shape index (κ1) is 22.2. The van der Waals surface area contributed by atoms with Gasteiger partial charge in [-0.2, -0.15) is 0 Å². The summed E-state index contributed by atoms with van der Waals surface area (Å²) < 4.78 is 0. The Balaban J connectivity index is 3.77. The van der Waals surface area contributed by atoms with Gasteiger partial charge in [0.05, 0.1) is 0 Å². The third kappa shape index (κ3) is 12.3. The highest BCUT2D eigenvalue weighted by Gasteiger charge is 2.22. The molecule has 0 aromatic rings. The molecule has 0 aliphatic heterocycles. The van der Waals surface area contributed by atoms with Crippen LogP contribution in [0.5, 0.6) is 0 Å². The molecule has 0 heterocycles. The van der Waals surface area contributed by atoms with Crippen LogP contribution < -0.4 is 0 Å². The molecule has 0 amide bonds. The van der Waals surface area contributed by atoms with E-state index in [0.717, 1.165) is 5.92 Å². The number of unbranched alkanes of at least 4 members (excludes halogenated alkanes) is 4. The van der Waals surface area contributed by atoms with Crippen LogP contribution in [0.15, 0.2) is 36.0 Å². The van der Waals surface area contributed by atoms with E-state index in [1.165, 1.54) is 63.4 Å². The van der Waals surface area contributed by atoms with Gasteiger partial charge in [-0.15, -0.1) is 0 Å². The van der Waals surface area contributed by atoms with Gasteiger partial charge in [0.25, 0.3) is 0 Å². The Labute approximate surface area is 147 Å². The number of hydrogen-bond donors (Lipinski definition) is 0. The van der Waals surface area contributed by atoms with Crippen molar-refractivity contribution in [1.29, 1.82) is 0 Å². The van der Waals surface area contributed by atoms with Crippen LogP contribution in [0.2, 0.25) is 0 Å².